The number of carbonyl (C=O) groups is 1. The molecule has 1 fully saturated rings. The summed E-state index contributed by atoms with van der Waals surface area (Å²) in [4.78, 5) is 11.6. The van der Waals surface area contributed by atoms with E-state index in [0.29, 0.717) is 37.3 Å². The number of carbonyl (C=O) groups excluding carboxylic acids is 1. The topological polar surface area (TPSA) is 78.5 Å². The van der Waals surface area contributed by atoms with Crippen LogP contribution in [-0.4, -0.2) is 44.8 Å². The monoisotopic (exact) mass is 369 g/mol. The second-order valence-corrected chi connectivity index (χ2v) is 7.40. The van der Waals surface area contributed by atoms with Gasteiger partial charge in [0.15, 0.2) is 0 Å². The van der Waals surface area contributed by atoms with Gasteiger partial charge in [-0.15, -0.1) is 12.4 Å². The highest BCUT2D eigenvalue weighted by Crippen LogP contribution is 2.31. The number of hydrogen-bond donors (Lipinski definition) is 2. The Labute approximate surface area is 147 Å². The predicted molar refractivity (Wildman–Crippen MR) is 97.1 cm³/mol. The highest BCUT2D eigenvalue weighted by Gasteiger charge is 2.27. The van der Waals surface area contributed by atoms with Crippen LogP contribution < -0.4 is 10.6 Å². The lowest BCUT2D eigenvalue weighted by Gasteiger charge is -2.27. The van der Waals surface area contributed by atoms with Crippen LogP contribution in [0.25, 0.3) is 10.8 Å². The molecule has 0 spiro atoms. The van der Waals surface area contributed by atoms with Crippen molar-refractivity contribution in [3.8, 4) is 0 Å². The van der Waals surface area contributed by atoms with Crippen LogP contribution >= 0.6 is 12.4 Å². The third kappa shape index (κ3) is 3.54. The van der Waals surface area contributed by atoms with Gasteiger partial charge in [0.05, 0.1) is 4.90 Å². The molecule has 0 aliphatic carbocycles. The fourth-order valence-corrected chi connectivity index (χ4v) is 4.46. The lowest BCUT2D eigenvalue weighted by Crippen LogP contribution is -2.46. The predicted octanol–water partition coefficient (Wildman–Crippen LogP) is 1.81. The van der Waals surface area contributed by atoms with Gasteiger partial charge in [-0.2, -0.15) is 4.31 Å². The van der Waals surface area contributed by atoms with E-state index in [9.17, 15) is 13.2 Å². The van der Waals surface area contributed by atoms with Crippen molar-refractivity contribution in [1.82, 2.24) is 9.62 Å². The summed E-state index contributed by atoms with van der Waals surface area (Å²) in [5.41, 5.74) is 0.618. The number of benzene rings is 2. The highest BCUT2D eigenvalue weighted by atomic mass is 35.5. The lowest BCUT2D eigenvalue weighted by atomic mass is 10.1. The van der Waals surface area contributed by atoms with Gasteiger partial charge in [0.2, 0.25) is 15.9 Å². The van der Waals surface area contributed by atoms with Crippen molar-refractivity contribution in [3.63, 3.8) is 0 Å². The highest BCUT2D eigenvalue weighted by molar-refractivity contribution is 7.89. The quantitative estimate of drug-likeness (QED) is 0.865. The van der Waals surface area contributed by atoms with E-state index in [0.717, 1.165) is 5.39 Å². The average molecular weight is 370 g/mol. The number of halogens is 1. The van der Waals surface area contributed by atoms with E-state index in [1.807, 2.05) is 12.1 Å². The number of nitrogens with zero attached hydrogens (tertiary/aromatic N) is 1. The van der Waals surface area contributed by atoms with E-state index in [-0.39, 0.29) is 23.2 Å². The molecule has 0 unspecified atom stereocenters. The number of rotatable bonds is 3. The van der Waals surface area contributed by atoms with Crippen LogP contribution in [0.3, 0.4) is 0 Å². The van der Waals surface area contributed by atoms with Gasteiger partial charge in [-0.1, -0.05) is 24.3 Å². The molecule has 2 aromatic rings. The first kappa shape index (κ1) is 18.7. The molecule has 3 rings (SSSR count). The lowest BCUT2D eigenvalue weighted by molar-refractivity contribution is -0.114. The Morgan fingerprint density at radius 3 is 2.33 bits per heavy atom. The largest absolute Gasteiger partial charge is 0.326 e. The molecule has 0 radical (unpaired) electrons. The Morgan fingerprint density at radius 2 is 1.71 bits per heavy atom. The third-order valence-electron chi connectivity index (χ3n) is 3.89. The summed E-state index contributed by atoms with van der Waals surface area (Å²) in [6.45, 7) is 3.66. The Kier molecular flexibility index (Phi) is 5.82. The molecule has 130 valence electrons. The van der Waals surface area contributed by atoms with Crippen LogP contribution in [0.15, 0.2) is 41.3 Å². The molecule has 8 heteroatoms. The summed E-state index contributed by atoms with van der Waals surface area (Å²) in [7, 11) is -3.55. The van der Waals surface area contributed by atoms with E-state index in [4.69, 9.17) is 0 Å². The molecule has 24 heavy (non-hydrogen) atoms. The maximum atomic E-state index is 12.9. The summed E-state index contributed by atoms with van der Waals surface area (Å²) in [5, 5.41) is 7.24. The second kappa shape index (κ2) is 7.48. The molecule has 0 bridgehead atoms. The number of hydrogen-bond acceptors (Lipinski definition) is 4. The molecule has 1 heterocycles. The fraction of sp³-hybridized carbons (Fsp3) is 0.312. The van der Waals surface area contributed by atoms with Gasteiger partial charge in [0, 0.05) is 49.6 Å². The summed E-state index contributed by atoms with van der Waals surface area (Å²) < 4.78 is 27.4. The molecule has 0 atom stereocenters. The number of sulfonamides is 1. The maximum absolute atomic E-state index is 12.9. The zero-order valence-electron chi connectivity index (χ0n) is 13.3. The van der Waals surface area contributed by atoms with Crippen molar-refractivity contribution in [2.75, 3.05) is 31.5 Å². The number of fused-ring (bicyclic) bond motifs is 1. The summed E-state index contributed by atoms with van der Waals surface area (Å²) in [6.07, 6.45) is 0. The van der Waals surface area contributed by atoms with Gasteiger partial charge in [-0.05, 0) is 12.1 Å². The van der Waals surface area contributed by atoms with E-state index in [1.165, 1.54) is 11.2 Å². The third-order valence-corrected chi connectivity index (χ3v) is 5.85. The Hall–Kier alpha value is -1.67. The van der Waals surface area contributed by atoms with Gasteiger partial charge in [0.25, 0.3) is 0 Å². The molecule has 2 aromatic carbocycles. The fourth-order valence-electron chi connectivity index (χ4n) is 2.82. The summed E-state index contributed by atoms with van der Waals surface area (Å²) in [6, 6.07) is 10.4. The minimum Gasteiger partial charge on any atom is -0.326 e. The Balaban J connectivity index is 0.00000208. The molecule has 1 aliphatic heterocycles. The van der Waals surface area contributed by atoms with Gasteiger partial charge in [-0.3, -0.25) is 4.79 Å². The normalized spacial score (nSPS) is 15.7. The van der Waals surface area contributed by atoms with Gasteiger partial charge in [0.1, 0.15) is 0 Å². The molecule has 1 aliphatic rings. The van der Waals surface area contributed by atoms with Gasteiger partial charge < -0.3 is 10.6 Å². The minimum atomic E-state index is -3.55. The zero-order chi connectivity index (χ0) is 16.4. The van der Waals surface area contributed by atoms with Crippen LogP contribution in [0.1, 0.15) is 6.92 Å². The molecular formula is C16H20ClN3O3S. The standard InChI is InChI=1S/C16H19N3O3S.ClH/c1-12(20)18-15-6-7-16(14-5-3-2-4-13(14)15)23(21,22)19-10-8-17-9-11-19;/h2-7,17H,8-11H2,1H3,(H,18,20);1H. The first-order chi connectivity index (χ1) is 11.0. The number of nitrogens with one attached hydrogen (secondary N) is 2. The van der Waals surface area contributed by atoms with Gasteiger partial charge in [-0.25, -0.2) is 8.42 Å². The van der Waals surface area contributed by atoms with Crippen molar-refractivity contribution in [1.29, 1.82) is 0 Å². The second-order valence-electron chi connectivity index (χ2n) is 5.49. The summed E-state index contributed by atoms with van der Waals surface area (Å²) in [5.74, 6) is -0.187. The maximum Gasteiger partial charge on any atom is 0.243 e. The van der Waals surface area contributed by atoms with Crippen molar-refractivity contribution >= 4 is 44.8 Å². The van der Waals surface area contributed by atoms with E-state index in [1.54, 1.807) is 24.3 Å². The number of anilines is 1. The Bertz CT molecular complexity index is 849. The molecule has 0 saturated carbocycles. The van der Waals surface area contributed by atoms with Crippen molar-refractivity contribution < 1.29 is 13.2 Å². The SMILES string of the molecule is CC(=O)Nc1ccc(S(=O)(=O)N2CCNCC2)c2ccccc12.Cl. The average Bonchev–Trinajstić information content (AvgIpc) is 2.55. The van der Waals surface area contributed by atoms with Crippen LogP contribution in [0.4, 0.5) is 5.69 Å². The molecule has 6 nitrogen and oxygen atoms in total. The number of amides is 1. The molecule has 0 aromatic heterocycles. The Morgan fingerprint density at radius 1 is 1.08 bits per heavy atom. The van der Waals surface area contributed by atoms with E-state index in [2.05, 4.69) is 10.6 Å². The van der Waals surface area contributed by atoms with E-state index < -0.39 is 10.0 Å². The first-order valence-electron chi connectivity index (χ1n) is 7.50. The van der Waals surface area contributed by atoms with Crippen molar-refractivity contribution in [2.45, 2.75) is 11.8 Å². The molecule has 2 N–H and O–H groups in total. The summed E-state index contributed by atoms with van der Waals surface area (Å²) >= 11 is 0. The van der Waals surface area contributed by atoms with Crippen molar-refractivity contribution in [2.24, 2.45) is 0 Å². The molecular weight excluding hydrogens is 350 g/mol. The minimum absolute atomic E-state index is 0. The molecule has 1 saturated heterocycles. The van der Waals surface area contributed by atoms with Crippen molar-refractivity contribution in [3.05, 3.63) is 36.4 Å². The van der Waals surface area contributed by atoms with Crippen LogP contribution in [0.5, 0.6) is 0 Å². The van der Waals surface area contributed by atoms with Crippen LogP contribution in [-0.2, 0) is 14.8 Å². The molecule has 1 amide bonds. The zero-order valence-corrected chi connectivity index (χ0v) is 14.9. The van der Waals surface area contributed by atoms with Crippen LogP contribution in [0.2, 0.25) is 0 Å². The first-order valence-corrected chi connectivity index (χ1v) is 8.94. The van der Waals surface area contributed by atoms with E-state index >= 15 is 0 Å². The van der Waals surface area contributed by atoms with Gasteiger partial charge >= 0.3 is 0 Å². The smallest absolute Gasteiger partial charge is 0.243 e. The number of piperazine rings is 1. The van der Waals surface area contributed by atoms with Crippen LogP contribution in [0, 0.1) is 0 Å².